The summed E-state index contributed by atoms with van der Waals surface area (Å²) in [5.41, 5.74) is 4.46. The number of amides is 1. The molecule has 0 aliphatic carbocycles. The van der Waals surface area contributed by atoms with Crippen molar-refractivity contribution < 1.29 is 9.18 Å². The fourth-order valence-corrected chi connectivity index (χ4v) is 4.46. The van der Waals surface area contributed by atoms with Gasteiger partial charge >= 0.3 is 0 Å². The minimum atomic E-state index is -0.322. The summed E-state index contributed by atoms with van der Waals surface area (Å²) in [5.74, 6) is 0.990. The molecule has 8 heteroatoms. The van der Waals surface area contributed by atoms with E-state index in [0.717, 1.165) is 41.0 Å². The minimum absolute atomic E-state index is 0.0538. The molecule has 0 bridgehead atoms. The van der Waals surface area contributed by atoms with Crippen molar-refractivity contribution in [2.45, 2.75) is 25.8 Å². The van der Waals surface area contributed by atoms with Crippen molar-refractivity contribution in [1.82, 2.24) is 24.8 Å². The van der Waals surface area contributed by atoms with E-state index in [1.165, 1.54) is 12.1 Å². The van der Waals surface area contributed by atoms with E-state index >= 15 is 0 Å². The average molecular weight is 445 g/mol. The summed E-state index contributed by atoms with van der Waals surface area (Å²) >= 11 is 0. The number of carbonyl (C=O) groups excluding carboxylic acids is 1. The first-order valence-corrected chi connectivity index (χ1v) is 11.0. The van der Waals surface area contributed by atoms with Crippen molar-refractivity contribution in [2.24, 2.45) is 0 Å². The van der Waals surface area contributed by atoms with Crippen LogP contribution in [0, 0.1) is 12.7 Å². The van der Waals surface area contributed by atoms with Gasteiger partial charge in [-0.15, -0.1) is 0 Å². The van der Waals surface area contributed by atoms with E-state index in [0.29, 0.717) is 23.6 Å². The topological polar surface area (TPSA) is 78.0 Å². The summed E-state index contributed by atoms with van der Waals surface area (Å²) in [4.78, 5) is 34.2. The Morgan fingerprint density at radius 3 is 2.82 bits per heavy atom. The Morgan fingerprint density at radius 2 is 2.03 bits per heavy atom. The van der Waals surface area contributed by atoms with Gasteiger partial charge in [-0.2, -0.15) is 0 Å². The van der Waals surface area contributed by atoms with Gasteiger partial charge in [-0.1, -0.05) is 12.1 Å². The Morgan fingerprint density at radius 1 is 1.18 bits per heavy atom. The zero-order valence-corrected chi connectivity index (χ0v) is 18.8. The van der Waals surface area contributed by atoms with Crippen LogP contribution in [-0.2, 0) is 0 Å². The first-order chi connectivity index (χ1) is 15.9. The maximum atomic E-state index is 14.0. The van der Waals surface area contributed by atoms with Crippen LogP contribution in [0.25, 0.3) is 22.2 Å². The van der Waals surface area contributed by atoms with Gasteiger partial charge in [-0.3, -0.25) is 4.79 Å². The third kappa shape index (κ3) is 3.92. The number of halogens is 1. The Bertz CT molecular complexity index is 1350. The molecule has 7 nitrogen and oxygen atoms in total. The van der Waals surface area contributed by atoms with E-state index < -0.39 is 0 Å². The molecule has 4 aromatic rings. The number of carbonyl (C=O) groups is 1. The Balaban J connectivity index is 1.56. The minimum Gasteiger partial charge on any atom is -0.347 e. The number of imidazole rings is 1. The first-order valence-electron chi connectivity index (χ1n) is 11.0. The number of likely N-dealkylation sites (tertiary alicyclic amines) is 1. The summed E-state index contributed by atoms with van der Waals surface area (Å²) in [7, 11) is 3.75. The molecule has 2 aromatic heterocycles. The Hall–Kier alpha value is -3.81. The maximum Gasteiger partial charge on any atom is 0.254 e. The highest BCUT2D eigenvalue weighted by molar-refractivity contribution is 5.97. The quantitative estimate of drug-likeness (QED) is 0.501. The van der Waals surface area contributed by atoms with Crippen LogP contribution in [-0.4, -0.2) is 51.4 Å². The van der Waals surface area contributed by atoms with Gasteiger partial charge in [0, 0.05) is 38.0 Å². The predicted octanol–water partition coefficient (Wildman–Crippen LogP) is 4.51. The van der Waals surface area contributed by atoms with Crippen molar-refractivity contribution in [3.05, 3.63) is 71.6 Å². The highest BCUT2D eigenvalue weighted by Crippen LogP contribution is 2.38. The van der Waals surface area contributed by atoms with E-state index in [1.807, 2.05) is 55.1 Å². The van der Waals surface area contributed by atoms with Crippen LogP contribution in [0.15, 0.2) is 48.7 Å². The summed E-state index contributed by atoms with van der Waals surface area (Å²) in [6, 6.07) is 11.7. The number of aromatic nitrogens is 4. The van der Waals surface area contributed by atoms with E-state index in [2.05, 4.69) is 15.0 Å². The molecule has 0 spiro atoms. The number of benzene rings is 2. The molecular formula is C25H25FN6O. The monoisotopic (exact) mass is 444 g/mol. The van der Waals surface area contributed by atoms with E-state index in [1.54, 1.807) is 12.3 Å². The van der Waals surface area contributed by atoms with Gasteiger partial charge in [0.2, 0.25) is 5.95 Å². The number of H-pyrrole nitrogens is 1. The molecular weight excluding hydrogens is 419 g/mol. The third-order valence-corrected chi connectivity index (χ3v) is 6.02. The molecule has 3 heterocycles. The number of hydrogen-bond acceptors (Lipinski definition) is 5. The third-order valence-electron chi connectivity index (χ3n) is 6.02. The molecule has 5 rings (SSSR count). The van der Waals surface area contributed by atoms with Gasteiger partial charge in [0.1, 0.15) is 11.6 Å². The second kappa shape index (κ2) is 8.27. The lowest BCUT2D eigenvalue weighted by atomic mass is 9.99. The highest BCUT2D eigenvalue weighted by atomic mass is 19.1. The first kappa shape index (κ1) is 21.1. The van der Waals surface area contributed by atoms with Crippen LogP contribution < -0.4 is 4.90 Å². The molecule has 168 valence electrons. The van der Waals surface area contributed by atoms with Crippen LogP contribution in [0.2, 0.25) is 0 Å². The van der Waals surface area contributed by atoms with E-state index in [-0.39, 0.29) is 17.8 Å². The van der Waals surface area contributed by atoms with Crippen molar-refractivity contribution >= 4 is 22.9 Å². The molecule has 1 aliphatic rings. The molecule has 1 fully saturated rings. The number of nitrogens with zero attached hydrogens (tertiary/aromatic N) is 5. The number of anilines is 1. The van der Waals surface area contributed by atoms with Crippen LogP contribution in [0.3, 0.4) is 0 Å². The molecule has 0 saturated carbocycles. The number of fused-ring (bicyclic) bond motifs is 1. The zero-order chi connectivity index (χ0) is 23.1. The van der Waals surface area contributed by atoms with Gasteiger partial charge in [0.15, 0.2) is 0 Å². The number of rotatable bonds is 4. The molecule has 0 unspecified atom stereocenters. The second-order valence-electron chi connectivity index (χ2n) is 8.58. The van der Waals surface area contributed by atoms with Gasteiger partial charge in [-0.25, -0.2) is 19.3 Å². The highest BCUT2D eigenvalue weighted by Gasteiger charge is 2.34. The maximum absolute atomic E-state index is 14.0. The standard InChI is InChI=1S/C25H25FN6O/c1-15-28-20-10-9-17(13-21(20)29-15)24(33)32-11-5-8-22(32)23-19(14-27-25(30-23)31(2)3)16-6-4-7-18(26)12-16/h4,6-7,9-10,12-14,22H,5,8,11H2,1-3H3,(H,28,29)/t22-/m0/s1. The summed E-state index contributed by atoms with van der Waals surface area (Å²) in [6.07, 6.45) is 3.38. The molecule has 1 N–H and O–H groups in total. The number of hydrogen-bond donors (Lipinski definition) is 1. The summed E-state index contributed by atoms with van der Waals surface area (Å²) < 4.78 is 14.0. The average Bonchev–Trinajstić information content (AvgIpc) is 3.43. The number of aromatic amines is 1. The van der Waals surface area contributed by atoms with Crippen molar-refractivity contribution in [3.8, 4) is 11.1 Å². The van der Waals surface area contributed by atoms with Crippen molar-refractivity contribution in [1.29, 1.82) is 0 Å². The normalized spacial score (nSPS) is 15.9. The van der Waals surface area contributed by atoms with Gasteiger partial charge in [0.05, 0.1) is 22.8 Å². The number of nitrogens with one attached hydrogen (secondary N) is 1. The molecule has 1 atom stereocenters. The van der Waals surface area contributed by atoms with Gasteiger partial charge in [-0.05, 0) is 55.7 Å². The second-order valence-corrected chi connectivity index (χ2v) is 8.58. The van der Waals surface area contributed by atoms with E-state index in [9.17, 15) is 9.18 Å². The molecule has 33 heavy (non-hydrogen) atoms. The van der Waals surface area contributed by atoms with E-state index in [4.69, 9.17) is 4.98 Å². The Labute approximate surface area is 191 Å². The molecule has 1 aliphatic heterocycles. The fourth-order valence-electron chi connectivity index (χ4n) is 4.46. The Kier molecular flexibility index (Phi) is 5.28. The lowest BCUT2D eigenvalue weighted by Gasteiger charge is -2.27. The lowest BCUT2D eigenvalue weighted by Crippen LogP contribution is -2.31. The summed E-state index contributed by atoms with van der Waals surface area (Å²) in [6.45, 7) is 2.52. The summed E-state index contributed by atoms with van der Waals surface area (Å²) in [5, 5.41) is 0. The smallest absolute Gasteiger partial charge is 0.254 e. The largest absolute Gasteiger partial charge is 0.347 e. The van der Waals surface area contributed by atoms with Crippen LogP contribution >= 0.6 is 0 Å². The predicted molar refractivity (Wildman–Crippen MR) is 126 cm³/mol. The van der Waals surface area contributed by atoms with Crippen molar-refractivity contribution in [3.63, 3.8) is 0 Å². The SMILES string of the molecule is Cc1nc2ccc(C(=O)N3CCC[C@H]3c3nc(N(C)C)ncc3-c3cccc(F)c3)cc2[nH]1. The van der Waals surface area contributed by atoms with Gasteiger partial charge < -0.3 is 14.8 Å². The van der Waals surface area contributed by atoms with Crippen LogP contribution in [0.4, 0.5) is 10.3 Å². The lowest BCUT2D eigenvalue weighted by molar-refractivity contribution is 0.0733. The molecule has 1 amide bonds. The molecule has 1 saturated heterocycles. The van der Waals surface area contributed by atoms with Crippen LogP contribution in [0.1, 0.15) is 40.8 Å². The van der Waals surface area contributed by atoms with Gasteiger partial charge in [0.25, 0.3) is 5.91 Å². The fraction of sp³-hybridized carbons (Fsp3) is 0.280. The van der Waals surface area contributed by atoms with Crippen LogP contribution in [0.5, 0.6) is 0 Å². The number of aryl methyl sites for hydroxylation is 1. The molecule has 2 aromatic carbocycles. The van der Waals surface area contributed by atoms with Crippen molar-refractivity contribution in [2.75, 3.05) is 25.5 Å². The molecule has 0 radical (unpaired) electrons. The zero-order valence-electron chi connectivity index (χ0n) is 18.8.